The van der Waals surface area contributed by atoms with Crippen LogP contribution in [0.25, 0.3) is 10.2 Å². The summed E-state index contributed by atoms with van der Waals surface area (Å²) in [6, 6.07) is 2.05. The highest BCUT2D eigenvalue weighted by Gasteiger charge is 2.21. The number of thiophene rings is 1. The highest BCUT2D eigenvalue weighted by atomic mass is 32.1. The molecule has 8 nitrogen and oxygen atoms in total. The molecule has 0 unspecified atom stereocenters. The quantitative estimate of drug-likeness (QED) is 0.582. The van der Waals surface area contributed by atoms with Gasteiger partial charge in [-0.1, -0.05) is 0 Å². The lowest BCUT2D eigenvalue weighted by atomic mass is 10.2. The summed E-state index contributed by atoms with van der Waals surface area (Å²) in [6.45, 7) is 7.53. The molecular formula is C19H25N5O3S. The first-order chi connectivity index (χ1) is 13.4. The molecule has 0 aromatic carbocycles. The Balaban J connectivity index is 1.70. The van der Waals surface area contributed by atoms with Crippen LogP contribution in [-0.2, 0) is 17.9 Å². The van der Waals surface area contributed by atoms with Crippen LogP contribution >= 0.6 is 11.3 Å². The predicted molar refractivity (Wildman–Crippen MR) is 108 cm³/mol. The van der Waals surface area contributed by atoms with Crippen LogP contribution in [0.5, 0.6) is 5.88 Å². The van der Waals surface area contributed by atoms with Gasteiger partial charge in [0.15, 0.2) is 5.82 Å². The second kappa shape index (κ2) is 8.66. The fraction of sp³-hybridized carbons (Fsp3) is 0.474. The molecule has 9 heteroatoms. The number of methoxy groups -OCH3 is 2. The number of hydrogen-bond donors (Lipinski definition) is 1. The van der Waals surface area contributed by atoms with Gasteiger partial charge in [-0.2, -0.15) is 10.1 Å². The number of aryl methyl sites for hydroxylation is 4. The standard InChI is InChI=1S/C19H25N5O3S/c1-11-9-12(2)24(23-11)8-6-7-20-17(25)16-13(3)15-18(27-5)21-14(10-26-4)22-19(15)28-16/h9H,6-8,10H2,1-5H3,(H,20,25). The maximum Gasteiger partial charge on any atom is 0.261 e. The topological polar surface area (TPSA) is 91.2 Å². The zero-order chi connectivity index (χ0) is 20.3. The van der Waals surface area contributed by atoms with Crippen LogP contribution in [0.3, 0.4) is 0 Å². The first kappa shape index (κ1) is 20.2. The molecule has 0 bridgehead atoms. The summed E-state index contributed by atoms with van der Waals surface area (Å²) >= 11 is 1.35. The molecule has 0 atom stereocenters. The van der Waals surface area contributed by atoms with Crippen LogP contribution in [0.15, 0.2) is 6.07 Å². The molecule has 0 aliphatic heterocycles. The lowest BCUT2D eigenvalue weighted by molar-refractivity contribution is 0.0956. The van der Waals surface area contributed by atoms with E-state index >= 15 is 0 Å². The van der Waals surface area contributed by atoms with Gasteiger partial charge in [-0.25, -0.2) is 4.98 Å². The van der Waals surface area contributed by atoms with Crippen LogP contribution in [0.2, 0.25) is 0 Å². The number of carbonyl (C=O) groups excluding carboxylic acids is 1. The van der Waals surface area contributed by atoms with Crippen molar-refractivity contribution >= 4 is 27.5 Å². The first-order valence-corrected chi connectivity index (χ1v) is 9.88. The summed E-state index contributed by atoms with van der Waals surface area (Å²) in [5, 5.41) is 8.21. The summed E-state index contributed by atoms with van der Waals surface area (Å²) in [7, 11) is 3.15. The molecule has 1 amide bonds. The van der Waals surface area contributed by atoms with Crippen molar-refractivity contribution in [1.29, 1.82) is 0 Å². The SMILES string of the molecule is COCc1nc(OC)c2c(C)c(C(=O)NCCCn3nc(C)cc3C)sc2n1. The minimum atomic E-state index is -0.107. The lowest BCUT2D eigenvalue weighted by Crippen LogP contribution is -2.25. The number of fused-ring (bicyclic) bond motifs is 1. The minimum absolute atomic E-state index is 0.107. The second-order valence-electron chi connectivity index (χ2n) is 6.58. The van der Waals surface area contributed by atoms with Gasteiger partial charge in [-0.3, -0.25) is 9.48 Å². The third kappa shape index (κ3) is 4.15. The summed E-state index contributed by atoms with van der Waals surface area (Å²) in [5.41, 5.74) is 2.96. The van der Waals surface area contributed by atoms with Gasteiger partial charge in [-0.15, -0.1) is 11.3 Å². The number of nitrogens with one attached hydrogen (secondary N) is 1. The number of rotatable bonds is 8. The van der Waals surface area contributed by atoms with Crippen molar-refractivity contribution in [2.45, 2.75) is 40.3 Å². The summed E-state index contributed by atoms with van der Waals surface area (Å²) in [4.78, 5) is 22.9. The number of nitrogens with zero attached hydrogens (tertiary/aromatic N) is 4. The molecule has 0 radical (unpaired) electrons. The monoisotopic (exact) mass is 403 g/mol. The highest BCUT2D eigenvalue weighted by Crippen LogP contribution is 2.35. The molecule has 3 aromatic heterocycles. The Labute approximate surface area is 167 Å². The molecule has 150 valence electrons. The van der Waals surface area contributed by atoms with Gasteiger partial charge in [0.1, 0.15) is 11.4 Å². The Kier molecular flexibility index (Phi) is 6.25. The number of hydrogen-bond acceptors (Lipinski definition) is 7. The number of aromatic nitrogens is 4. The first-order valence-electron chi connectivity index (χ1n) is 9.06. The van der Waals surface area contributed by atoms with E-state index in [0.717, 1.165) is 40.1 Å². The predicted octanol–water partition coefficient (Wildman–Crippen LogP) is 2.79. The van der Waals surface area contributed by atoms with Crippen LogP contribution in [0.4, 0.5) is 0 Å². The highest BCUT2D eigenvalue weighted by molar-refractivity contribution is 7.20. The lowest BCUT2D eigenvalue weighted by Gasteiger charge is -2.07. The average molecular weight is 404 g/mol. The molecular weight excluding hydrogens is 378 g/mol. The second-order valence-corrected chi connectivity index (χ2v) is 7.58. The molecule has 0 aliphatic carbocycles. The number of amides is 1. The van der Waals surface area contributed by atoms with E-state index in [1.54, 1.807) is 14.2 Å². The molecule has 0 aliphatic rings. The molecule has 0 saturated carbocycles. The van der Waals surface area contributed by atoms with Gasteiger partial charge in [-0.05, 0) is 38.8 Å². The third-order valence-electron chi connectivity index (χ3n) is 4.41. The zero-order valence-corrected chi connectivity index (χ0v) is 17.6. The van der Waals surface area contributed by atoms with Crippen LogP contribution in [0, 0.1) is 20.8 Å². The number of carbonyl (C=O) groups is 1. The maximum atomic E-state index is 12.7. The van der Waals surface area contributed by atoms with Crippen LogP contribution < -0.4 is 10.1 Å². The molecule has 0 fully saturated rings. The number of ether oxygens (including phenoxy) is 2. The molecule has 3 rings (SSSR count). The zero-order valence-electron chi connectivity index (χ0n) is 16.8. The minimum Gasteiger partial charge on any atom is -0.480 e. The normalized spacial score (nSPS) is 11.2. The fourth-order valence-corrected chi connectivity index (χ4v) is 4.22. The van der Waals surface area contributed by atoms with E-state index in [1.807, 2.05) is 31.5 Å². The van der Waals surface area contributed by atoms with Gasteiger partial charge in [0.25, 0.3) is 5.91 Å². The Morgan fingerprint density at radius 1 is 1.25 bits per heavy atom. The largest absolute Gasteiger partial charge is 0.480 e. The Bertz CT molecular complexity index is 995. The van der Waals surface area contributed by atoms with Gasteiger partial charge < -0.3 is 14.8 Å². The summed E-state index contributed by atoms with van der Waals surface area (Å²) < 4.78 is 12.5. The molecule has 0 spiro atoms. The van der Waals surface area contributed by atoms with Gasteiger partial charge in [0.05, 0.1) is 23.1 Å². The van der Waals surface area contributed by atoms with Crippen molar-refractivity contribution in [2.75, 3.05) is 20.8 Å². The van der Waals surface area contributed by atoms with Gasteiger partial charge in [0, 0.05) is 25.9 Å². The van der Waals surface area contributed by atoms with Crippen molar-refractivity contribution in [3.05, 3.63) is 33.7 Å². The van der Waals surface area contributed by atoms with E-state index in [1.165, 1.54) is 11.3 Å². The van der Waals surface area contributed by atoms with Crippen LogP contribution in [-0.4, -0.2) is 46.4 Å². The van der Waals surface area contributed by atoms with E-state index < -0.39 is 0 Å². The van der Waals surface area contributed by atoms with Crippen molar-refractivity contribution in [2.24, 2.45) is 0 Å². The molecule has 3 aromatic rings. The molecule has 3 heterocycles. The summed E-state index contributed by atoms with van der Waals surface area (Å²) in [6.07, 6.45) is 0.804. The third-order valence-corrected chi connectivity index (χ3v) is 5.60. The smallest absolute Gasteiger partial charge is 0.261 e. The van der Waals surface area contributed by atoms with E-state index in [4.69, 9.17) is 9.47 Å². The van der Waals surface area contributed by atoms with Crippen molar-refractivity contribution in [3.63, 3.8) is 0 Å². The Morgan fingerprint density at radius 2 is 2.04 bits per heavy atom. The van der Waals surface area contributed by atoms with Gasteiger partial charge >= 0.3 is 0 Å². The van der Waals surface area contributed by atoms with E-state index in [-0.39, 0.29) is 12.5 Å². The Morgan fingerprint density at radius 3 is 2.68 bits per heavy atom. The van der Waals surface area contributed by atoms with Crippen molar-refractivity contribution in [3.8, 4) is 5.88 Å². The van der Waals surface area contributed by atoms with E-state index in [9.17, 15) is 4.79 Å². The molecule has 1 N–H and O–H groups in total. The molecule has 28 heavy (non-hydrogen) atoms. The van der Waals surface area contributed by atoms with Gasteiger partial charge in [0.2, 0.25) is 5.88 Å². The van der Waals surface area contributed by atoms with E-state index in [2.05, 4.69) is 20.4 Å². The van der Waals surface area contributed by atoms with Crippen LogP contribution in [0.1, 0.15) is 38.9 Å². The molecule has 0 saturated heterocycles. The average Bonchev–Trinajstić information content (AvgIpc) is 3.17. The van der Waals surface area contributed by atoms with Crippen molar-refractivity contribution in [1.82, 2.24) is 25.1 Å². The Hall–Kier alpha value is -2.52. The summed E-state index contributed by atoms with van der Waals surface area (Å²) in [5.74, 6) is 0.892. The maximum absolute atomic E-state index is 12.7. The van der Waals surface area contributed by atoms with E-state index in [0.29, 0.717) is 23.1 Å². The fourth-order valence-electron chi connectivity index (χ4n) is 3.11. The van der Waals surface area contributed by atoms with Crippen molar-refractivity contribution < 1.29 is 14.3 Å².